The Morgan fingerprint density at radius 2 is 0.556 bits per heavy atom. The lowest BCUT2D eigenvalue weighted by atomic mass is 10.0. The van der Waals surface area contributed by atoms with Gasteiger partial charge >= 0.3 is 11.9 Å². The summed E-state index contributed by atoms with van der Waals surface area (Å²) in [7, 11) is 0. The SMILES string of the molecule is CCCCC/C=C\C/C=C\C/C=C\CCCCCCCCC(=O)OCC(CO)OC(=O)CCCCCCCCCCCCCCCCCCCCCCCCCC/C=C\C/C=C\C/C=C\CCCCCCC. The van der Waals surface area contributed by atoms with Crippen molar-refractivity contribution < 1.29 is 24.2 Å². The Balaban J connectivity index is 3.42. The highest BCUT2D eigenvalue weighted by molar-refractivity contribution is 5.70. The number of ether oxygens (including phenoxy) is 2. The van der Waals surface area contributed by atoms with Gasteiger partial charge in [0, 0.05) is 12.8 Å². The van der Waals surface area contributed by atoms with Crippen LogP contribution in [0.25, 0.3) is 0 Å². The zero-order chi connectivity index (χ0) is 52.0. The standard InChI is InChI=1S/C67H120O5/c1-3-5-7-9-11-13-15-17-19-21-23-24-25-26-27-28-29-30-31-32-33-34-35-36-37-38-39-40-41-42-44-46-48-50-52-54-56-58-60-62-67(70)72-65(63-68)64-71-66(69)61-59-57-55-53-51-49-47-45-43-22-20-18-16-14-12-10-8-6-4-2/h12,14-15,17-18,20-21,23,25-26,43,45,65,68H,3-11,13,16,19,22,24,27-42,44,46-64H2,1-2H3/b14-12-,17-15-,20-18-,23-21-,26-25-,45-43-. The summed E-state index contributed by atoms with van der Waals surface area (Å²) in [5, 5.41) is 9.66. The number of hydrogen-bond donors (Lipinski definition) is 1. The van der Waals surface area contributed by atoms with E-state index in [4.69, 9.17) is 9.47 Å². The van der Waals surface area contributed by atoms with Gasteiger partial charge in [0.1, 0.15) is 6.61 Å². The van der Waals surface area contributed by atoms with E-state index in [1.807, 2.05) is 0 Å². The van der Waals surface area contributed by atoms with Crippen LogP contribution in [0.5, 0.6) is 0 Å². The lowest BCUT2D eigenvalue weighted by Crippen LogP contribution is -2.28. The van der Waals surface area contributed by atoms with Crippen molar-refractivity contribution >= 4 is 11.9 Å². The van der Waals surface area contributed by atoms with Crippen LogP contribution in [0, 0.1) is 0 Å². The van der Waals surface area contributed by atoms with Gasteiger partial charge in [-0.3, -0.25) is 9.59 Å². The number of hydrogen-bond acceptors (Lipinski definition) is 5. The second-order valence-corrected chi connectivity index (χ2v) is 21.1. The minimum Gasteiger partial charge on any atom is -0.462 e. The lowest BCUT2D eigenvalue weighted by molar-refractivity contribution is -0.161. The first-order valence-electron chi connectivity index (χ1n) is 31.5. The Kier molecular flexibility index (Phi) is 60.3. The number of carbonyl (C=O) groups is 2. The van der Waals surface area contributed by atoms with Crippen molar-refractivity contribution in [2.24, 2.45) is 0 Å². The molecule has 0 radical (unpaired) electrons. The van der Waals surface area contributed by atoms with E-state index < -0.39 is 6.10 Å². The molecule has 5 heteroatoms. The molecule has 0 aromatic heterocycles. The molecule has 0 aliphatic heterocycles. The predicted octanol–water partition coefficient (Wildman–Crippen LogP) is 21.5. The van der Waals surface area contributed by atoms with E-state index in [0.717, 1.165) is 70.6 Å². The fourth-order valence-corrected chi connectivity index (χ4v) is 9.22. The van der Waals surface area contributed by atoms with Crippen molar-refractivity contribution in [1.82, 2.24) is 0 Å². The van der Waals surface area contributed by atoms with Crippen LogP contribution in [-0.4, -0.2) is 36.4 Å². The number of rotatable bonds is 58. The zero-order valence-electron chi connectivity index (χ0n) is 47.9. The highest BCUT2D eigenvalue weighted by Gasteiger charge is 2.16. The van der Waals surface area contributed by atoms with Gasteiger partial charge in [-0.1, -0.05) is 292 Å². The van der Waals surface area contributed by atoms with Crippen LogP contribution >= 0.6 is 0 Å². The zero-order valence-corrected chi connectivity index (χ0v) is 47.9. The molecule has 0 aromatic rings. The summed E-state index contributed by atoms with van der Waals surface area (Å²) in [6.07, 6.45) is 86.2. The van der Waals surface area contributed by atoms with E-state index >= 15 is 0 Å². The van der Waals surface area contributed by atoms with Gasteiger partial charge in [-0.05, 0) is 89.9 Å². The fraction of sp³-hybridized carbons (Fsp3) is 0.791. The van der Waals surface area contributed by atoms with Crippen LogP contribution in [0.3, 0.4) is 0 Å². The highest BCUT2D eigenvalue weighted by Crippen LogP contribution is 2.17. The molecule has 0 aliphatic rings. The third kappa shape index (κ3) is 59.9. The van der Waals surface area contributed by atoms with E-state index in [0.29, 0.717) is 12.8 Å². The molecule has 0 saturated heterocycles. The van der Waals surface area contributed by atoms with Gasteiger partial charge in [0.15, 0.2) is 6.10 Å². The third-order valence-electron chi connectivity index (χ3n) is 14.0. The number of carbonyl (C=O) groups excluding carboxylic acids is 2. The van der Waals surface area contributed by atoms with Crippen molar-refractivity contribution in [1.29, 1.82) is 0 Å². The van der Waals surface area contributed by atoms with Crippen LogP contribution in [0.2, 0.25) is 0 Å². The Labute approximate surface area is 448 Å². The van der Waals surface area contributed by atoms with Crippen LogP contribution in [0.15, 0.2) is 72.9 Å². The van der Waals surface area contributed by atoms with Crippen molar-refractivity contribution in [2.75, 3.05) is 13.2 Å². The maximum absolute atomic E-state index is 12.3. The maximum atomic E-state index is 12.3. The summed E-state index contributed by atoms with van der Waals surface area (Å²) in [6.45, 7) is 4.12. The Morgan fingerprint density at radius 3 is 0.861 bits per heavy atom. The van der Waals surface area contributed by atoms with Crippen LogP contribution in [0.1, 0.15) is 322 Å². The molecule has 0 bridgehead atoms. The molecule has 0 spiro atoms. The van der Waals surface area contributed by atoms with Crippen molar-refractivity contribution in [2.45, 2.75) is 328 Å². The van der Waals surface area contributed by atoms with E-state index in [9.17, 15) is 14.7 Å². The lowest BCUT2D eigenvalue weighted by Gasteiger charge is -2.15. The summed E-state index contributed by atoms with van der Waals surface area (Å²) in [5.74, 6) is -0.594. The molecule has 0 rings (SSSR count). The maximum Gasteiger partial charge on any atom is 0.306 e. The number of unbranched alkanes of at least 4 members (excludes halogenated alkanes) is 38. The topological polar surface area (TPSA) is 72.8 Å². The molecule has 72 heavy (non-hydrogen) atoms. The van der Waals surface area contributed by atoms with Crippen molar-refractivity contribution in [3.8, 4) is 0 Å². The summed E-state index contributed by atoms with van der Waals surface area (Å²) < 4.78 is 10.7. The summed E-state index contributed by atoms with van der Waals surface area (Å²) >= 11 is 0. The van der Waals surface area contributed by atoms with Gasteiger partial charge in [-0.25, -0.2) is 0 Å². The Bertz CT molecular complexity index is 1270. The average Bonchev–Trinajstić information content (AvgIpc) is 3.38. The minimum atomic E-state index is -0.779. The molecule has 0 saturated carbocycles. The van der Waals surface area contributed by atoms with E-state index in [-0.39, 0.29) is 25.2 Å². The molecule has 1 N–H and O–H groups in total. The molecule has 418 valence electrons. The molecule has 0 amide bonds. The first-order valence-corrected chi connectivity index (χ1v) is 31.5. The van der Waals surface area contributed by atoms with Crippen molar-refractivity contribution in [3.63, 3.8) is 0 Å². The Morgan fingerprint density at radius 1 is 0.319 bits per heavy atom. The van der Waals surface area contributed by atoms with Gasteiger partial charge in [0.05, 0.1) is 6.61 Å². The van der Waals surface area contributed by atoms with Crippen LogP contribution in [0.4, 0.5) is 0 Å². The second-order valence-electron chi connectivity index (χ2n) is 21.1. The van der Waals surface area contributed by atoms with Gasteiger partial charge in [0.25, 0.3) is 0 Å². The number of aliphatic hydroxyl groups is 1. The number of aliphatic hydroxyl groups excluding tert-OH is 1. The first kappa shape index (κ1) is 69.3. The van der Waals surface area contributed by atoms with Gasteiger partial charge in [-0.2, -0.15) is 0 Å². The normalized spacial score (nSPS) is 12.7. The van der Waals surface area contributed by atoms with Crippen LogP contribution < -0.4 is 0 Å². The van der Waals surface area contributed by atoms with Gasteiger partial charge in [-0.15, -0.1) is 0 Å². The molecule has 5 nitrogen and oxygen atoms in total. The van der Waals surface area contributed by atoms with E-state index in [1.165, 1.54) is 225 Å². The molecule has 0 heterocycles. The fourth-order valence-electron chi connectivity index (χ4n) is 9.22. The number of allylic oxidation sites excluding steroid dienone is 12. The second kappa shape index (κ2) is 62.6. The van der Waals surface area contributed by atoms with Crippen LogP contribution in [-0.2, 0) is 19.1 Å². The van der Waals surface area contributed by atoms with E-state index in [2.05, 4.69) is 86.8 Å². The van der Waals surface area contributed by atoms with Gasteiger partial charge < -0.3 is 14.6 Å². The predicted molar refractivity (Wildman–Crippen MR) is 316 cm³/mol. The highest BCUT2D eigenvalue weighted by atomic mass is 16.6. The molecule has 0 aromatic carbocycles. The molecule has 0 aliphatic carbocycles. The molecular weight excluding hydrogens is 885 g/mol. The molecular formula is C67H120O5. The molecule has 1 atom stereocenters. The Hall–Kier alpha value is -2.66. The minimum absolute atomic E-state index is 0.0717. The summed E-state index contributed by atoms with van der Waals surface area (Å²) in [6, 6.07) is 0. The first-order chi connectivity index (χ1) is 35.6. The number of esters is 2. The monoisotopic (exact) mass is 1000 g/mol. The summed E-state index contributed by atoms with van der Waals surface area (Å²) in [4.78, 5) is 24.5. The summed E-state index contributed by atoms with van der Waals surface area (Å²) in [5.41, 5.74) is 0. The van der Waals surface area contributed by atoms with Crippen molar-refractivity contribution in [3.05, 3.63) is 72.9 Å². The smallest absolute Gasteiger partial charge is 0.306 e. The third-order valence-corrected chi connectivity index (χ3v) is 14.0. The van der Waals surface area contributed by atoms with E-state index in [1.54, 1.807) is 0 Å². The molecule has 1 unspecified atom stereocenters. The largest absolute Gasteiger partial charge is 0.462 e. The van der Waals surface area contributed by atoms with Gasteiger partial charge in [0.2, 0.25) is 0 Å². The molecule has 0 fully saturated rings. The average molecular weight is 1010 g/mol. The quantitative estimate of drug-likeness (QED) is 0.0373.